The number of carbonyl (C=O) groups excluding carboxylic acids is 3. The highest BCUT2D eigenvalue weighted by Gasteiger charge is 2.32. The lowest BCUT2D eigenvalue weighted by molar-refractivity contribution is -0.143. The number of nitrogens with two attached hydrogens (primary N) is 1. The highest BCUT2D eigenvalue weighted by molar-refractivity contribution is 5.94. The number of carboxylic acids is 1. The van der Waals surface area contributed by atoms with Crippen molar-refractivity contribution >= 4 is 23.7 Å². The van der Waals surface area contributed by atoms with E-state index in [1.165, 1.54) is 13.8 Å². The molecule has 11 nitrogen and oxygen atoms in total. The molecule has 0 aliphatic rings. The lowest BCUT2D eigenvalue weighted by Gasteiger charge is -2.26. The number of aliphatic hydroxyl groups is 2. The molecule has 0 aliphatic heterocycles. The zero-order chi connectivity index (χ0) is 22.8. The maximum Gasteiger partial charge on any atom is 0.328 e. The van der Waals surface area contributed by atoms with Gasteiger partial charge >= 0.3 is 5.97 Å². The lowest BCUT2D eigenvalue weighted by Crippen LogP contribution is -2.60. The Kier molecular flexibility index (Phi) is 9.89. The second-order valence-electron chi connectivity index (χ2n) is 6.85. The molecule has 166 valence electrons. The van der Waals surface area contributed by atoms with Crippen molar-refractivity contribution in [3.05, 3.63) is 35.9 Å². The van der Waals surface area contributed by atoms with Gasteiger partial charge in [0.1, 0.15) is 18.1 Å². The topological polar surface area (TPSA) is 191 Å². The van der Waals surface area contributed by atoms with E-state index in [1.54, 1.807) is 30.3 Å². The highest BCUT2D eigenvalue weighted by atomic mass is 16.4. The van der Waals surface area contributed by atoms with Gasteiger partial charge in [0.25, 0.3) is 0 Å². The Labute approximate surface area is 173 Å². The molecule has 11 heteroatoms. The lowest BCUT2D eigenvalue weighted by atomic mass is 10.0. The normalized spacial score (nSPS) is 15.8. The van der Waals surface area contributed by atoms with Gasteiger partial charge in [0.2, 0.25) is 17.7 Å². The van der Waals surface area contributed by atoms with E-state index in [2.05, 4.69) is 16.0 Å². The van der Waals surface area contributed by atoms with Gasteiger partial charge in [-0.1, -0.05) is 30.3 Å². The SMILES string of the molecule is CC(N)C(=O)NC(C(=O)NC(Cc1ccccc1)C(=O)NC(CO)C(=O)O)C(C)O. The van der Waals surface area contributed by atoms with Gasteiger partial charge in [-0.05, 0) is 19.4 Å². The zero-order valence-corrected chi connectivity index (χ0v) is 16.7. The van der Waals surface area contributed by atoms with Crippen LogP contribution in [0.1, 0.15) is 19.4 Å². The highest BCUT2D eigenvalue weighted by Crippen LogP contribution is 2.05. The second-order valence-corrected chi connectivity index (χ2v) is 6.85. The Hall–Kier alpha value is -3.02. The van der Waals surface area contributed by atoms with Crippen molar-refractivity contribution in [3.8, 4) is 0 Å². The Morgan fingerprint density at radius 3 is 1.97 bits per heavy atom. The van der Waals surface area contributed by atoms with Gasteiger partial charge in [-0.15, -0.1) is 0 Å². The third-order valence-electron chi connectivity index (χ3n) is 4.19. The van der Waals surface area contributed by atoms with Crippen LogP contribution in [0.25, 0.3) is 0 Å². The van der Waals surface area contributed by atoms with E-state index in [4.69, 9.17) is 15.9 Å². The molecule has 0 saturated heterocycles. The van der Waals surface area contributed by atoms with Crippen LogP contribution in [-0.4, -0.2) is 75.9 Å². The Bertz CT molecular complexity index is 740. The van der Waals surface area contributed by atoms with Crippen LogP contribution in [0, 0.1) is 0 Å². The van der Waals surface area contributed by atoms with Crippen LogP contribution < -0.4 is 21.7 Å². The van der Waals surface area contributed by atoms with E-state index >= 15 is 0 Å². The molecule has 1 aromatic rings. The first-order chi connectivity index (χ1) is 14.1. The van der Waals surface area contributed by atoms with Crippen LogP contribution in [0.5, 0.6) is 0 Å². The Morgan fingerprint density at radius 2 is 1.50 bits per heavy atom. The summed E-state index contributed by atoms with van der Waals surface area (Å²) in [6.07, 6.45) is -1.29. The summed E-state index contributed by atoms with van der Waals surface area (Å²) in [5.74, 6) is -3.82. The molecule has 1 aromatic carbocycles. The molecular formula is C19H28N4O7. The van der Waals surface area contributed by atoms with Gasteiger partial charge in [-0.25, -0.2) is 4.79 Å². The van der Waals surface area contributed by atoms with E-state index in [-0.39, 0.29) is 6.42 Å². The fraction of sp³-hybridized carbons (Fsp3) is 0.474. The van der Waals surface area contributed by atoms with Gasteiger partial charge in [-0.2, -0.15) is 0 Å². The van der Waals surface area contributed by atoms with Gasteiger partial charge in [-0.3, -0.25) is 14.4 Å². The number of aliphatic hydroxyl groups excluding tert-OH is 2. The average Bonchev–Trinajstić information content (AvgIpc) is 2.69. The molecule has 5 atom stereocenters. The summed E-state index contributed by atoms with van der Waals surface area (Å²) in [4.78, 5) is 48.2. The maximum atomic E-state index is 12.7. The number of benzene rings is 1. The molecule has 0 heterocycles. The minimum absolute atomic E-state index is 0.00392. The van der Waals surface area contributed by atoms with Crippen molar-refractivity contribution in [2.75, 3.05) is 6.61 Å². The molecule has 8 N–H and O–H groups in total. The van der Waals surface area contributed by atoms with Gasteiger partial charge in [0.05, 0.1) is 18.8 Å². The predicted octanol–water partition coefficient (Wildman–Crippen LogP) is -2.51. The number of rotatable bonds is 11. The van der Waals surface area contributed by atoms with E-state index in [9.17, 15) is 24.3 Å². The summed E-state index contributed by atoms with van der Waals surface area (Å²) in [6.45, 7) is 1.84. The van der Waals surface area contributed by atoms with Crippen molar-refractivity contribution in [1.29, 1.82) is 0 Å². The monoisotopic (exact) mass is 424 g/mol. The quantitative estimate of drug-likeness (QED) is 0.202. The molecule has 0 aliphatic carbocycles. The average molecular weight is 424 g/mol. The summed E-state index contributed by atoms with van der Waals surface area (Å²) < 4.78 is 0. The molecule has 0 spiro atoms. The van der Waals surface area contributed by atoms with Crippen LogP contribution in [0.4, 0.5) is 0 Å². The fourth-order valence-corrected chi connectivity index (χ4v) is 2.47. The number of amides is 3. The zero-order valence-electron chi connectivity index (χ0n) is 16.7. The van der Waals surface area contributed by atoms with E-state index in [0.717, 1.165) is 0 Å². The van der Waals surface area contributed by atoms with Crippen molar-refractivity contribution in [2.45, 2.75) is 50.5 Å². The standard InChI is InChI=1S/C19H28N4O7/c1-10(20)16(26)23-15(11(2)25)18(28)21-13(8-12-6-4-3-5-7-12)17(27)22-14(9-24)19(29)30/h3-7,10-11,13-15,24-25H,8-9,20H2,1-2H3,(H,21,28)(H,22,27)(H,23,26)(H,29,30). The first kappa shape index (κ1) is 25.0. The van der Waals surface area contributed by atoms with Crippen LogP contribution in [0.3, 0.4) is 0 Å². The molecule has 0 saturated carbocycles. The third-order valence-corrected chi connectivity index (χ3v) is 4.19. The van der Waals surface area contributed by atoms with Crippen LogP contribution in [0.15, 0.2) is 30.3 Å². The number of hydrogen-bond acceptors (Lipinski definition) is 7. The van der Waals surface area contributed by atoms with Crippen LogP contribution >= 0.6 is 0 Å². The molecular weight excluding hydrogens is 396 g/mol. The number of nitrogens with one attached hydrogen (secondary N) is 3. The molecule has 0 bridgehead atoms. The molecule has 0 fully saturated rings. The van der Waals surface area contributed by atoms with E-state index in [1.807, 2.05) is 0 Å². The van der Waals surface area contributed by atoms with Crippen molar-refractivity contribution in [1.82, 2.24) is 16.0 Å². The van der Waals surface area contributed by atoms with E-state index in [0.29, 0.717) is 5.56 Å². The van der Waals surface area contributed by atoms with Gasteiger partial charge in [0, 0.05) is 6.42 Å². The molecule has 0 radical (unpaired) electrons. The number of carbonyl (C=O) groups is 4. The summed E-state index contributed by atoms with van der Waals surface area (Å²) in [6, 6.07) is 3.51. The maximum absolute atomic E-state index is 12.7. The third kappa shape index (κ3) is 7.78. The second kappa shape index (κ2) is 11.9. The fourth-order valence-electron chi connectivity index (χ4n) is 2.47. The van der Waals surface area contributed by atoms with E-state index < -0.39 is 60.6 Å². The molecule has 0 aromatic heterocycles. The molecule has 5 unspecified atom stereocenters. The Morgan fingerprint density at radius 1 is 0.933 bits per heavy atom. The number of aliphatic carboxylic acids is 1. The first-order valence-electron chi connectivity index (χ1n) is 9.29. The first-order valence-corrected chi connectivity index (χ1v) is 9.29. The summed E-state index contributed by atoms with van der Waals surface area (Å²) in [7, 11) is 0. The molecule has 3 amide bonds. The molecule has 30 heavy (non-hydrogen) atoms. The van der Waals surface area contributed by atoms with Gasteiger partial charge < -0.3 is 37.0 Å². The number of hydrogen-bond donors (Lipinski definition) is 7. The largest absolute Gasteiger partial charge is 0.480 e. The van der Waals surface area contributed by atoms with Crippen molar-refractivity contribution < 1.29 is 34.5 Å². The summed E-state index contributed by atoms with van der Waals surface area (Å²) >= 11 is 0. The summed E-state index contributed by atoms with van der Waals surface area (Å²) in [5, 5.41) is 34.9. The number of carboxylic acid groups (broad SMARTS) is 1. The minimum atomic E-state index is -1.56. The minimum Gasteiger partial charge on any atom is -0.480 e. The summed E-state index contributed by atoms with van der Waals surface area (Å²) in [5.41, 5.74) is 6.13. The van der Waals surface area contributed by atoms with Gasteiger partial charge in [0.15, 0.2) is 0 Å². The predicted molar refractivity (Wildman–Crippen MR) is 106 cm³/mol. The Balaban J connectivity index is 3.04. The van der Waals surface area contributed by atoms with Crippen LogP contribution in [0.2, 0.25) is 0 Å². The van der Waals surface area contributed by atoms with Crippen molar-refractivity contribution in [2.24, 2.45) is 5.73 Å². The molecule has 1 rings (SSSR count). The van der Waals surface area contributed by atoms with Crippen LogP contribution in [-0.2, 0) is 25.6 Å². The van der Waals surface area contributed by atoms with Crippen molar-refractivity contribution in [3.63, 3.8) is 0 Å². The smallest absolute Gasteiger partial charge is 0.328 e.